The summed E-state index contributed by atoms with van der Waals surface area (Å²) in [5.74, 6) is 0.753. The van der Waals surface area contributed by atoms with Crippen LogP contribution in [0.1, 0.15) is 50.9 Å². The molecule has 4 heterocycles. The van der Waals surface area contributed by atoms with Crippen LogP contribution in [-0.2, 0) is 27.8 Å². The molecule has 1 unspecified atom stereocenters. The standard InChI is InChI=1S/C32H35ClN8O4S3/c1-31(2,3)47(43)39-28-27-21(8-7-14-34-27)18-32(28)12-16-41(17-13-32)24-19-37-25(20-36-24)46-23-11-15-35-29(26(23)33)38-30(42)40-48(44,45)22-9-5-4-6-10-22/h4-11,14-15,19-20,28,39H,12-13,16-18H2,1-3H3,(H2,35,38,40,42)/t28-,47?/m1/s1. The van der Waals surface area contributed by atoms with Crippen LogP contribution in [0, 0.1) is 5.41 Å². The number of carbonyl (C=O) groups excluding carboxylic acids is 1. The molecule has 1 aliphatic carbocycles. The maximum absolute atomic E-state index is 13.2. The number of piperidine rings is 1. The first-order chi connectivity index (χ1) is 22.8. The summed E-state index contributed by atoms with van der Waals surface area (Å²) in [6, 6.07) is 12.2. The zero-order valence-electron chi connectivity index (χ0n) is 26.5. The number of anilines is 2. The minimum absolute atomic E-state index is 0.00218. The second-order valence-corrected chi connectivity index (χ2v) is 17.8. The number of nitrogens with zero attached hydrogens (tertiary/aromatic N) is 5. The number of amides is 2. The molecular weight excluding hydrogens is 692 g/mol. The van der Waals surface area contributed by atoms with Gasteiger partial charge in [-0.25, -0.2) is 32.9 Å². The highest BCUT2D eigenvalue weighted by Gasteiger charge is 2.51. The first-order valence-corrected chi connectivity index (χ1v) is 19.1. The summed E-state index contributed by atoms with van der Waals surface area (Å²) in [4.78, 5) is 33.3. The Morgan fingerprint density at radius 2 is 1.77 bits per heavy atom. The molecule has 1 aliphatic heterocycles. The molecule has 12 nitrogen and oxygen atoms in total. The van der Waals surface area contributed by atoms with E-state index in [-0.39, 0.29) is 27.2 Å². The van der Waals surface area contributed by atoms with Crippen molar-refractivity contribution < 1.29 is 17.8 Å². The average Bonchev–Trinajstić information content (AvgIpc) is 3.35. The lowest BCUT2D eigenvalue weighted by Crippen LogP contribution is -2.50. The second-order valence-electron chi connectivity index (χ2n) is 12.7. The largest absolute Gasteiger partial charge is 0.598 e. The third-order valence-electron chi connectivity index (χ3n) is 8.41. The molecule has 1 fully saturated rings. The van der Waals surface area contributed by atoms with Gasteiger partial charge in [-0.15, -0.1) is 4.72 Å². The molecule has 6 rings (SSSR count). The van der Waals surface area contributed by atoms with Gasteiger partial charge in [-0.05, 0) is 69.9 Å². The van der Waals surface area contributed by atoms with E-state index in [2.05, 4.69) is 36.0 Å². The van der Waals surface area contributed by atoms with Crippen molar-refractivity contribution in [2.45, 2.75) is 65.6 Å². The number of rotatable bonds is 8. The van der Waals surface area contributed by atoms with E-state index in [0.717, 1.165) is 43.9 Å². The normalized spacial score (nSPS) is 17.9. The van der Waals surface area contributed by atoms with Crippen molar-refractivity contribution in [1.29, 1.82) is 0 Å². The van der Waals surface area contributed by atoms with Gasteiger partial charge < -0.3 is 9.45 Å². The Morgan fingerprint density at radius 3 is 2.46 bits per heavy atom. The van der Waals surface area contributed by atoms with Crippen LogP contribution in [-0.4, -0.2) is 56.8 Å². The van der Waals surface area contributed by atoms with Gasteiger partial charge in [-0.2, -0.15) is 0 Å². The molecule has 4 aromatic rings. The maximum atomic E-state index is 13.2. The molecule has 0 bridgehead atoms. The van der Waals surface area contributed by atoms with Gasteiger partial charge >= 0.3 is 6.03 Å². The third-order valence-corrected chi connectivity index (χ3v) is 12.8. The molecule has 0 radical (unpaired) electrons. The number of benzene rings is 1. The number of hydrogen-bond donors (Lipinski definition) is 3. The molecule has 252 valence electrons. The van der Waals surface area contributed by atoms with Crippen molar-refractivity contribution in [2.24, 2.45) is 5.41 Å². The van der Waals surface area contributed by atoms with Gasteiger partial charge in [-0.3, -0.25) is 10.3 Å². The average molecular weight is 727 g/mol. The molecule has 2 amide bonds. The number of urea groups is 1. The Kier molecular flexibility index (Phi) is 9.89. The molecule has 1 saturated heterocycles. The van der Waals surface area contributed by atoms with Crippen LogP contribution in [0.25, 0.3) is 0 Å². The van der Waals surface area contributed by atoms with E-state index in [9.17, 15) is 17.8 Å². The highest BCUT2D eigenvalue weighted by molar-refractivity contribution is 7.99. The number of fused-ring (bicyclic) bond motifs is 1. The first kappa shape index (κ1) is 34.4. The molecule has 16 heteroatoms. The third kappa shape index (κ3) is 7.40. The van der Waals surface area contributed by atoms with E-state index in [4.69, 9.17) is 16.6 Å². The molecule has 3 N–H and O–H groups in total. The van der Waals surface area contributed by atoms with Crippen molar-refractivity contribution in [2.75, 3.05) is 23.3 Å². The number of pyridine rings is 2. The predicted molar refractivity (Wildman–Crippen MR) is 187 cm³/mol. The first-order valence-electron chi connectivity index (χ1n) is 15.2. The van der Waals surface area contributed by atoms with Crippen molar-refractivity contribution in [1.82, 2.24) is 29.4 Å². The Bertz CT molecular complexity index is 1890. The molecular formula is C32H35ClN8O4S3. The number of nitrogens with one attached hydrogen (secondary N) is 3. The Morgan fingerprint density at radius 1 is 1.02 bits per heavy atom. The smallest absolute Gasteiger partial charge is 0.334 e. The molecule has 2 atom stereocenters. The van der Waals surface area contributed by atoms with Gasteiger partial charge in [0.15, 0.2) is 5.82 Å². The zero-order valence-corrected chi connectivity index (χ0v) is 29.7. The molecule has 1 spiro atoms. The van der Waals surface area contributed by atoms with Gasteiger partial charge in [0.05, 0.1) is 28.0 Å². The zero-order chi connectivity index (χ0) is 34.1. The summed E-state index contributed by atoms with van der Waals surface area (Å²) in [6.45, 7) is 7.45. The fraction of sp³-hybridized carbons (Fsp3) is 0.344. The molecule has 3 aromatic heterocycles. The fourth-order valence-corrected chi connectivity index (χ4v) is 8.77. The number of aromatic nitrogens is 4. The maximum Gasteiger partial charge on any atom is 0.334 e. The van der Waals surface area contributed by atoms with E-state index in [1.165, 1.54) is 35.7 Å². The predicted octanol–water partition coefficient (Wildman–Crippen LogP) is 5.52. The lowest BCUT2D eigenvalue weighted by atomic mass is 9.73. The SMILES string of the molecule is CC(C)(C)[S+]([O-])N[C@@H]1c2ncccc2CC12CCN(c1cnc(Sc3ccnc(NC(=O)NS(=O)(=O)c4ccccc4)c3Cl)cn1)CC2. The lowest BCUT2D eigenvalue weighted by Gasteiger charge is -2.43. The highest BCUT2D eigenvalue weighted by atomic mass is 35.5. The summed E-state index contributed by atoms with van der Waals surface area (Å²) in [7, 11) is -4.08. The molecule has 1 aromatic carbocycles. The number of halogens is 1. The Hall–Kier alpha value is -3.47. The monoisotopic (exact) mass is 726 g/mol. The second kappa shape index (κ2) is 13.8. The van der Waals surface area contributed by atoms with Crippen molar-refractivity contribution in [3.8, 4) is 0 Å². The van der Waals surface area contributed by atoms with Crippen LogP contribution in [0.4, 0.5) is 16.4 Å². The van der Waals surface area contributed by atoms with Crippen LogP contribution in [0.15, 0.2) is 88.1 Å². The van der Waals surface area contributed by atoms with Crippen LogP contribution in [0.3, 0.4) is 0 Å². The fourth-order valence-electron chi connectivity index (χ4n) is 5.89. The summed E-state index contributed by atoms with van der Waals surface area (Å²) >= 11 is 6.55. The summed E-state index contributed by atoms with van der Waals surface area (Å²) in [5.41, 5.74) is 2.11. The summed E-state index contributed by atoms with van der Waals surface area (Å²) < 4.78 is 43.2. The van der Waals surface area contributed by atoms with Crippen LogP contribution in [0.5, 0.6) is 0 Å². The van der Waals surface area contributed by atoms with E-state index in [1.54, 1.807) is 36.7 Å². The Labute approximate surface area is 292 Å². The van der Waals surface area contributed by atoms with Crippen LogP contribution >= 0.6 is 23.4 Å². The molecule has 48 heavy (non-hydrogen) atoms. The van der Waals surface area contributed by atoms with Crippen molar-refractivity contribution in [3.05, 3.63) is 89.6 Å². The van der Waals surface area contributed by atoms with Crippen molar-refractivity contribution >= 4 is 62.4 Å². The van der Waals surface area contributed by atoms with E-state index >= 15 is 0 Å². The topological polar surface area (TPSA) is 165 Å². The van der Waals surface area contributed by atoms with E-state index in [1.807, 2.05) is 37.8 Å². The summed E-state index contributed by atoms with van der Waals surface area (Å²) in [6.07, 6.45) is 9.30. The number of hydrogen-bond acceptors (Lipinski definition) is 11. The van der Waals surface area contributed by atoms with Crippen LogP contribution in [0.2, 0.25) is 5.02 Å². The van der Waals surface area contributed by atoms with Crippen molar-refractivity contribution in [3.63, 3.8) is 0 Å². The highest BCUT2D eigenvalue weighted by Crippen LogP contribution is 2.52. The van der Waals surface area contributed by atoms with E-state index < -0.39 is 32.2 Å². The molecule has 2 aliphatic rings. The van der Waals surface area contributed by atoms with Gasteiger partial charge in [-0.1, -0.05) is 47.6 Å². The quantitative estimate of drug-likeness (QED) is 0.196. The van der Waals surface area contributed by atoms with Gasteiger partial charge in [0.2, 0.25) is 0 Å². The number of sulfonamides is 1. The molecule has 0 saturated carbocycles. The minimum atomic E-state index is -4.08. The number of carbonyl (C=O) groups is 1. The van der Waals surface area contributed by atoms with Crippen LogP contribution < -0.4 is 19.7 Å². The van der Waals surface area contributed by atoms with Gasteiger partial charge in [0.25, 0.3) is 10.0 Å². The lowest BCUT2D eigenvalue weighted by molar-refractivity contribution is 0.174. The van der Waals surface area contributed by atoms with Gasteiger partial charge in [0.1, 0.15) is 21.6 Å². The Balaban J connectivity index is 1.09. The minimum Gasteiger partial charge on any atom is -0.598 e. The summed E-state index contributed by atoms with van der Waals surface area (Å²) in [5, 5.41) is 3.11. The van der Waals surface area contributed by atoms with Gasteiger partial charge in [0, 0.05) is 47.2 Å². The van der Waals surface area contributed by atoms with E-state index in [0.29, 0.717) is 9.92 Å².